The first-order valence-corrected chi connectivity index (χ1v) is 6.27. The molecule has 0 aromatic carbocycles. The lowest BCUT2D eigenvalue weighted by molar-refractivity contribution is -0.369. The summed E-state index contributed by atoms with van der Waals surface area (Å²) in [6.45, 7) is -1.16. The number of alkyl halides is 12. The van der Waals surface area contributed by atoms with Gasteiger partial charge in [0.1, 0.15) is 5.76 Å². The van der Waals surface area contributed by atoms with Crippen LogP contribution in [0.2, 0.25) is 0 Å². The fourth-order valence-corrected chi connectivity index (χ4v) is 2.14. The summed E-state index contributed by atoms with van der Waals surface area (Å²) in [6, 6.07) is 0. The van der Waals surface area contributed by atoms with E-state index < -0.39 is 66.7 Å². The molecule has 0 aromatic heterocycles. The highest BCUT2D eigenvalue weighted by Crippen LogP contribution is 2.53. The van der Waals surface area contributed by atoms with Crippen molar-refractivity contribution in [2.75, 3.05) is 6.61 Å². The summed E-state index contributed by atoms with van der Waals surface area (Å²) in [5.74, 6) is -2.10. The summed E-state index contributed by atoms with van der Waals surface area (Å²) in [4.78, 5) is 0. The van der Waals surface area contributed by atoms with E-state index in [9.17, 15) is 52.7 Å². The average Bonchev–Trinajstić information content (AvgIpc) is 2.80. The second-order valence-electron chi connectivity index (χ2n) is 5.24. The van der Waals surface area contributed by atoms with Gasteiger partial charge in [-0.1, -0.05) is 0 Å². The Morgan fingerprint density at radius 2 is 1.08 bits per heavy atom. The summed E-state index contributed by atoms with van der Waals surface area (Å²) >= 11 is 0. The standard InChI is InChI=1S/C11H8F12O3/c12-8(13,14)6(24,9(15,16)17)3-5-4(1-2-26-5)7(25,10(18,19)20)11(21,22)23/h24-25H,1-3H2. The zero-order chi connectivity index (χ0) is 21.0. The van der Waals surface area contributed by atoms with Crippen LogP contribution < -0.4 is 0 Å². The van der Waals surface area contributed by atoms with Crippen molar-refractivity contribution in [3.63, 3.8) is 0 Å². The summed E-state index contributed by atoms with van der Waals surface area (Å²) in [5.41, 5.74) is -13.7. The van der Waals surface area contributed by atoms with Gasteiger partial charge in [-0.05, 0) is 0 Å². The van der Waals surface area contributed by atoms with E-state index in [2.05, 4.69) is 4.74 Å². The SMILES string of the molecule is OC(CC1=C(C(O)(C(F)(F)F)C(F)(F)F)CCO1)(C(F)(F)F)C(F)(F)F. The lowest BCUT2D eigenvalue weighted by atomic mass is 9.86. The molecule has 1 rings (SSSR count). The molecule has 0 bridgehead atoms. The zero-order valence-electron chi connectivity index (χ0n) is 12.0. The van der Waals surface area contributed by atoms with E-state index in [0.717, 1.165) is 0 Å². The lowest BCUT2D eigenvalue weighted by Gasteiger charge is -2.35. The van der Waals surface area contributed by atoms with Crippen molar-refractivity contribution in [2.24, 2.45) is 0 Å². The summed E-state index contributed by atoms with van der Waals surface area (Å²) in [6.07, 6.45) is -30.4. The monoisotopic (exact) mass is 416 g/mol. The van der Waals surface area contributed by atoms with Gasteiger partial charge in [0.05, 0.1) is 13.0 Å². The highest BCUT2D eigenvalue weighted by atomic mass is 19.4. The Morgan fingerprint density at radius 1 is 0.692 bits per heavy atom. The van der Waals surface area contributed by atoms with Gasteiger partial charge >= 0.3 is 24.7 Å². The first kappa shape index (κ1) is 22.7. The quantitative estimate of drug-likeness (QED) is 0.690. The van der Waals surface area contributed by atoms with Crippen LogP contribution in [0.1, 0.15) is 12.8 Å². The van der Waals surface area contributed by atoms with Crippen molar-refractivity contribution in [3.05, 3.63) is 11.3 Å². The third-order valence-corrected chi connectivity index (χ3v) is 3.58. The average molecular weight is 416 g/mol. The minimum absolute atomic E-state index is 1.16. The van der Waals surface area contributed by atoms with Gasteiger partial charge < -0.3 is 14.9 Å². The number of rotatable bonds is 3. The molecule has 0 saturated heterocycles. The second kappa shape index (κ2) is 6.07. The summed E-state index contributed by atoms with van der Waals surface area (Å²) in [7, 11) is 0. The molecule has 0 amide bonds. The van der Waals surface area contributed by atoms with Gasteiger partial charge in [0.2, 0.25) is 0 Å². The molecular weight excluding hydrogens is 408 g/mol. The Labute approximate surface area is 135 Å². The normalized spacial score (nSPS) is 18.4. The van der Waals surface area contributed by atoms with Crippen molar-refractivity contribution < 1.29 is 67.6 Å². The van der Waals surface area contributed by atoms with Crippen LogP contribution in [0.3, 0.4) is 0 Å². The maximum absolute atomic E-state index is 12.8. The van der Waals surface area contributed by atoms with Crippen molar-refractivity contribution >= 4 is 0 Å². The molecule has 0 spiro atoms. The summed E-state index contributed by atoms with van der Waals surface area (Å²) < 4.78 is 156. The van der Waals surface area contributed by atoms with Crippen LogP contribution in [-0.4, -0.2) is 52.7 Å². The topological polar surface area (TPSA) is 49.7 Å². The Bertz CT molecular complexity index is 537. The van der Waals surface area contributed by atoms with Crippen LogP contribution in [0.15, 0.2) is 11.3 Å². The van der Waals surface area contributed by atoms with Crippen LogP contribution >= 0.6 is 0 Å². The molecule has 1 heterocycles. The molecular formula is C11H8F12O3. The Hall–Kier alpha value is -1.38. The molecule has 1 aliphatic rings. The Kier molecular flexibility index (Phi) is 5.29. The smallest absolute Gasteiger partial charge is 0.430 e. The fourth-order valence-electron chi connectivity index (χ4n) is 2.14. The Morgan fingerprint density at radius 3 is 1.38 bits per heavy atom. The van der Waals surface area contributed by atoms with E-state index in [1.807, 2.05) is 0 Å². The van der Waals surface area contributed by atoms with Gasteiger partial charge in [0.25, 0.3) is 11.2 Å². The molecule has 1 aliphatic heterocycles. The Balaban J connectivity index is 3.60. The van der Waals surface area contributed by atoms with Crippen LogP contribution in [0.5, 0.6) is 0 Å². The largest absolute Gasteiger partial charge is 0.497 e. The third-order valence-electron chi connectivity index (χ3n) is 3.58. The van der Waals surface area contributed by atoms with E-state index in [0.29, 0.717) is 0 Å². The van der Waals surface area contributed by atoms with Crippen molar-refractivity contribution in [3.8, 4) is 0 Å². The van der Waals surface area contributed by atoms with Crippen molar-refractivity contribution in [2.45, 2.75) is 48.7 Å². The number of hydrogen-bond acceptors (Lipinski definition) is 3. The first-order chi connectivity index (χ1) is 11.2. The van der Waals surface area contributed by atoms with Gasteiger partial charge in [0, 0.05) is 12.0 Å². The predicted octanol–water partition coefficient (Wildman–Crippen LogP) is 3.76. The molecule has 26 heavy (non-hydrogen) atoms. The van der Waals surface area contributed by atoms with Crippen molar-refractivity contribution in [1.29, 1.82) is 0 Å². The van der Waals surface area contributed by atoms with Gasteiger partial charge in [-0.3, -0.25) is 0 Å². The molecule has 0 aliphatic carbocycles. The minimum Gasteiger partial charge on any atom is -0.497 e. The van der Waals surface area contributed by atoms with E-state index in [1.54, 1.807) is 0 Å². The molecule has 154 valence electrons. The molecule has 15 heteroatoms. The van der Waals surface area contributed by atoms with E-state index in [4.69, 9.17) is 10.2 Å². The first-order valence-electron chi connectivity index (χ1n) is 6.27. The zero-order valence-corrected chi connectivity index (χ0v) is 12.0. The maximum atomic E-state index is 12.8. The van der Waals surface area contributed by atoms with Crippen molar-refractivity contribution in [1.82, 2.24) is 0 Å². The molecule has 0 radical (unpaired) electrons. The van der Waals surface area contributed by atoms with E-state index in [1.165, 1.54) is 0 Å². The fraction of sp³-hybridized carbons (Fsp3) is 0.818. The molecule has 0 aromatic rings. The van der Waals surface area contributed by atoms with Crippen LogP contribution in [0, 0.1) is 0 Å². The molecule has 0 atom stereocenters. The molecule has 2 N–H and O–H groups in total. The number of ether oxygens (including phenoxy) is 1. The van der Waals surface area contributed by atoms with Gasteiger partial charge in [-0.25, -0.2) is 0 Å². The van der Waals surface area contributed by atoms with Crippen LogP contribution in [0.4, 0.5) is 52.7 Å². The van der Waals surface area contributed by atoms with Gasteiger partial charge in [-0.2, -0.15) is 52.7 Å². The van der Waals surface area contributed by atoms with Crippen LogP contribution in [-0.2, 0) is 4.74 Å². The number of hydrogen-bond donors (Lipinski definition) is 2. The maximum Gasteiger partial charge on any atom is 0.430 e. The minimum atomic E-state index is -6.53. The van der Waals surface area contributed by atoms with E-state index in [-0.39, 0.29) is 0 Å². The lowest BCUT2D eigenvalue weighted by Crippen LogP contribution is -2.59. The molecule has 3 nitrogen and oxygen atoms in total. The molecule has 0 fully saturated rings. The summed E-state index contributed by atoms with van der Waals surface area (Å²) in [5, 5.41) is 18.1. The number of aliphatic hydroxyl groups is 2. The van der Waals surface area contributed by atoms with E-state index >= 15 is 0 Å². The third kappa shape index (κ3) is 3.42. The highest BCUT2D eigenvalue weighted by Gasteiger charge is 2.75. The number of halogens is 12. The predicted molar refractivity (Wildman–Crippen MR) is 56.3 cm³/mol. The molecule has 0 saturated carbocycles. The van der Waals surface area contributed by atoms with Gasteiger partial charge in [0.15, 0.2) is 0 Å². The van der Waals surface area contributed by atoms with Crippen LogP contribution in [0.25, 0.3) is 0 Å². The highest BCUT2D eigenvalue weighted by molar-refractivity contribution is 5.30. The second-order valence-corrected chi connectivity index (χ2v) is 5.24. The van der Waals surface area contributed by atoms with Gasteiger partial charge in [-0.15, -0.1) is 0 Å². The molecule has 0 unspecified atom stereocenters.